The summed E-state index contributed by atoms with van der Waals surface area (Å²) in [6.45, 7) is 5.17. The van der Waals surface area contributed by atoms with Crippen LogP contribution in [-0.2, 0) is 4.74 Å². The van der Waals surface area contributed by atoms with Crippen molar-refractivity contribution in [3.8, 4) is 5.75 Å². The quantitative estimate of drug-likeness (QED) is 0.772. The largest absolute Gasteiger partial charge is 0.495 e. The van der Waals surface area contributed by atoms with Gasteiger partial charge in [0.1, 0.15) is 5.75 Å². The van der Waals surface area contributed by atoms with Crippen molar-refractivity contribution in [3.05, 3.63) is 29.4 Å². The van der Waals surface area contributed by atoms with Gasteiger partial charge in [-0.25, -0.2) is 0 Å². The van der Waals surface area contributed by atoms with E-state index in [9.17, 15) is 0 Å². The van der Waals surface area contributed by atoms with E-state index in [4.69, 9.17) is 21.1 Å². The van der Waals surface area contributed by atoms with Crippen molar-refractivity contribution < 1.29 is 9.47 Å². The molecule has 0 atom stereocenters. The first kappa shape index (κ1) is 17.7. The van der Waals surface area contributed by atoms with E-state index in [2.05, 4.69) is 30.7 Å². The molecule has 1 aliphatic heterocycles. The minimum absolute atomic E-state index is 0.484. The van der Waals surface area contributed by atoms with E-state index in [1.165, 1.54) is 0 Å². The molecule has 1 fully saturated rings. The van der Waals surface area contributed by atoms with E-state index >= 15 is 0 Å². The Kier molecular flexibility index (Phi) is 6.21. The molecule has 2 N–H and O–H groups in total. The normalized spacial score (nSPS) is 15.0. The van der Waals surface area contributed by atoms with Crippen molar-refractivity contribution in [1.29, 1.82) is 0 Å². The molecule has 0 saturated carbocycles. The highest BCUT2D eigenvalue weighted by Crippen LogP contribution is 2.28. The van der Waals surface area contributed by atoms with Gasteiger partial charge in [-0.3, -0.25) is 4.90 Å². The summed E-state index contributed by atoms with van der Waals surface area (Å²) < 4.78 is 10.5. The second-order valence-electron chi connectivity index (χ2n) is 5.52. The molecule has 25 heavy (non-hydrogen) atoms. The third-order valence-electron chi connectivity index (χ3n) is 3.80. The Morgan fingerprint density at radius 3 is 2.92 bits per heavy atom. The van der Waals surface area contributed by atoms with Crippen LogP contribution in [0.1, 0.15) is 0 Å². The lowest BCUT2D eigenvalue weighted by atomic mass is 10.3. The van der Waals surface area contributed by atoms with Crippen LogP contribution in [0.3, 0.4) is 0 Å². The van der Waals surface area contributed by atoms with E-state index in [1.54, 1.807) is 25.4 Å². The van der Waals surface area contributed by atoms with Crippen LogP contribution in [0.2, 0.25) is 5.02 Å². The Morgan fingerprint density at radius 1 is 1.32 bits per heavy atom. The summed E-state index contributed by atoms with van der Waals surface area (Å²) in [5.74, 6) is 1.70. The zero-order chi connectivity index (χ0) is 17.5. The van der Waals surface area contributed by atoms with E-state index in [1.807, 2.05) is 6.07 Å². The second kappa shape index (κ2) is 8.80. The summed E-state index contributed by atoms with van der Waals surface area (Å²) in [5, 5.41) is 14.9. The number of anilines is 3. The van der Waals surface area contributed by atoms with Crippen molar-refractivity contribution in [2.24, 2.45) is 0 Å². The lowest BCUT2D eigenvalue weighted by Crippen LogP contribution is -2.39. The van der Waals surface area contributed by atoms with Crippen LogP contribution < -0.4 is 15.4 Å². The molecular formula is C16H21ClN6O2. The van der Waals surface area contributed by atoms with E-state index in [0.29, 0.717) is 22.5 Å². The van der Waals surface area contributed by atoms with Gasteiger partial charge in [0.05, 0.1) is 31.5 Å². The molecule has 8 nitrogen and oxygen atoms in total. The maximum absolute atomic E-state index is 6.13. The molecule has 2 heterocycles. The second-order valence-corrected chi connectivity index (χ2v) is 5.93. The van der Waals surface area contributed by atoms with Crippen molar-refractivity contribution in [2.45, 2.75) is 0 Å². The van der Waals surface area contributed by atoms with Crippen LogP contribution in [0.15, 0.2) is 24.4 Å². The molecule has 0 unspecified atom stereocenters. The number of nitrogens with zero attached hydrogens (tertiary/aromatic N) is 4. The number of morpholine rings is 1. The topological polar surface area (TPSA) is 84.4 Å². The van der Waals surface area contributed by atoms with E-state index in [-0.39, 0.29) is 0 Å². The Balaban J connectivity index is 1.54. The number of aromatic nitrogens is 3. The van der Waals surface area contributed by atoms with Gasteiger partial charge in [0.2, 0.25) is 5.95 Å². The summed E-state index contributed by atoms with van der Waals surface area (Å²) in [5.41, 5.74) is 0.797. The molecule has 0 radical (unpaired) electrons. The minimum Gasteiger partial charge on any atom is -0.495 e. The van der Waals surface area contributed by atoms with Gasteiger partial charge in [0, 0.05) is 31.9 Å². The standard InChI is InChI=1S/C16H21ClN6O2/c1-24-14-3-2-12(10-13(14)17)20-15-11-19-22-16(21-15)18-4-5-23-6-8-25-9-7-23/h2-3,10-11H,4-9H2,1H3,(H2,18,20,21,22). The summed E-state index contributed by atoms with van der Waals surface area (Å²) in [6, 6.07) is 5.42. The van der Waals surface area contributed by atoms with Crippen LogP contribution in [0.5, 0.6) is 5.75 Å². The Bertz CT molecular complexity index is 696. The minimum atomic E-state index is 0.484. The van der Waals surface area contributed by atoms with Crippen molar-refractivity contribution in [1.82, 2.24) is 20.1 Å². The van der Waals surface area contributed by atoms with Gasteiger partial charge in [-0.15, -0.1) is 5.10 Å². The molecule has 0 bridgehead atoms. The first-order chi connectivity index (χ1) is 12.2. The number of hydrogen-bond donors (Lipinski definition) is 2. The average molecular weight is 365 g/mol. The Hall–Kier alpha value is -2.16. The highest BCUT2D eigenvalue weighted by Gasteiger charge is 2.10. The van der Waals surface area contributed by atoms with Crippen LogP contribution in [0, 0.1) is 0 Å². The Morgan fingerprint density at radius 2 is 2.16 bits per heavy atom. The third-order valence-corrected chi connectivity index (χ3v) is 4.09. The van der Waals surface area contributed by atoms with Gasteiger partial charge in [-0.2, -0.15) is 10.1 Å². The fraction of sp³-hybridized carbons (Fsp3) is 0.438. The highest BCUT2D eigenvalue weighted by atomic mass is 35.5. The predicted molar refractivity (Wildman–Crippen MR) is 96.9 cm³/mol. The summed E-state index contributed by atoms with van der Waals surface area (Å²) in [4.78, 5) is 6.75. The number of ether oxygens (including phenoxy) is 2. The fourth-order valence-electron chi connectivity index (χ4n) is 2.48. The van der Waals surface area contributed by atoms with Crippen LogP contribution >= 0.6 is 11.6 Å². The lowest BCUT2D eigenvalue weighted by Gasteiger charge is -2.26. The maximum Gasteiger partial charge on any atom is 0.244 e. The number of halogens is 1. The summed E-state index contributed by atoms with van der Waals surface area (Å²) >= 11 is 6.13. The number of benzene rings is 1. The number of nitrogens with one attached hydrogen (secondary N) is 2. The van der Waals surface area contributed by atoms with Gasteiger partial charge in [0.25, 0.3) is 0 Å². The van der Waals surface area contributed by atoms with Gasteiger partial charge in [-0.1, -0.05) is 11.6 Å². The molecule has 0 spiro atoms. The first-order valence-electron chi connectivity index (χ1n) is 8.09. The number of rotatable bonds is 7. The van der Waals surface area contributed by atoms with Crippen molar-refractivity contribution in [2.75, 3.05) is 57.1 Å². The summed E-state index contributed by atoms with van der Waals surface area (Å²) in [7, 11) is 1.58. The SMILES string of the molecule is COc1ccc(Nc2cnnc(NCCN3CCOCC3)n2)cc1Cl. The van der Waals surface area contributed by atoms with Crippen LogP contribution in [-0.4, -0.2) is 66.6 Å². The smallest absolute Gasteiger partial charge is 0.244 e. The average Bonchev–Trinajstić information content (AvgIpc) is 2.63. The van der Waals surface area contributed by atoms with Gasteiger partial charge >= 0.3 is 0 Å². The van der Waals surface area contributed by atoms with E-state index < -0.39 is 0 Å². The van der Waals surface area contributed by atoms with Crippen molar-refractivity contribution >= 4 is 29.1 Å². The monoisotopic (exact) mass is 364 g/mol. The molecule has 2 aromatic rings. The molecule has 3 rings (SSSR count). The number of hydrogen-bond acceptors (Lipinski definition) is 8. The fourth-order valence-corrected chi connectivity index (χ4v) is 2.74. The highest BCUT2D eigenvalue weighted by molar-refractivity contribution is 6.32. The van der Waals surface area contributed by atoms with Gasteiger partial charge < -0.3 is 20.1 Å². The van der Waals surface area contributed by atoms with E-state index in [0.717, 1.165) is 45.1 Å². The number of methoxy groups -OCH3 is 1. The molecule has 0 aliphatic carbocycles. The first-order valence-corrected chi connectivity index (χ1v) is 8.46. The molecule has 134 valence electrons. The van der Waals surface area contributed by atoms with Crippen LogP contribution in [0.25, 0.3) is 0 Å². The third kappa shape index (κ3) is 5.15. The summed E-state index contributed by atoms with van der Waals surface area (Å²) in [6.07, 6.45) is 1.56. The van der Waals surface area contributed by atoms with Gasteiger partial charge in [0.15, 0.2) is 5.82 Å². The molecule has 1 aromatic heterocycles. The molecule has 1 aromatic carbocycles. The van der Waals surface area contributed by atoms with Crippen LogP contribution in [0.4, 0.5) is 17.5 Å². The maximum atomic E-state index is 6.13. The zero-order valence-corrected chi connectivity index (χ0v) is 14.8. The Labute approximate surface area is 151 Å². The van der Waals surface area contributed by atoms with Gasteiger partial charge in [-0.05, 0) is 18.2 Å². The van der Waals surface area contributed by atoms with Crippen molar-refractivity contribution in [3.63, 3.8) is 0 Å². The molecule has 9 heteroatoms. The zero-order valence-electron chi connectivity index (χ0n) is 14.0. The molecule has 1 saturated heterocycles. The molecule has 1 aliphatic rings. The lowest BCUT2D eigenvalue weighted by molar-refractivity contribution is 0.0398. The molecule has 0 amide bonds. The predicted octanol–water partition coefficient (Wildman–Crippen LogP) is 2.02. The molecular weight excluding hydrogens is 344 g/mol.